The van der Waals surface area contributed by atoms with Crippen LogP contribution in [0, 0.1) is 0 Å². The summed E-state index contributed by atoms with van der Waals surface area (Å²) >= 11 is 0. The van der Waals surface area contributed by atoms with Crippen molar-refractivity contribution >= 4 is 11.9 Å². The molecule has 0 fully saturated rings. The Morgan fingerprint density at radius 2 is 1.39 bits per heavy atom. The van der Waals surface area contributed by atoms with Crippen LogP contribution in [0.2, 0.25) is 0 Å². The quantitative estimate of drug-likeness (QED) is 0.174. The molecule has 0 saturated heterocycles. The van der Waals surface area contributed by atoms with E-state index in [1.54, 1.807) is 12.1 Å². The Hall–Kier alpha value is -1.92. The van der Waals surface area contributed by atoms with E-state index >= 15 is 0 Å². The zero-order chi connectivity index (χ0) is 24.9. The van der Waals surface area contributed by atoms with E-state index in [2.05, 4.69) is 6.92 Å². The van der Waals surface area contributed by atoms with Crippen molar-refractivity contribution in [2.45, 2.75) is 123 Å². The summed E-state index contributed by atoms with van der Waals surface area (Å²) in [5.41, 5.74) is 0.334. The second kappa shape index (κ2) is 14.4. The Bertz CT molecular complexity index is 714. The standard InChI is InChI=1S/C27H44O6/c1-8-9-10-11-12-13-14-15-20-23(30-33-27(5,6)7)25(29)32-31-24(28)21-18-16-17-19-22(21)26(2,3)4/h16-19,23H,8-15,20H2,1-7H3. The molecule has 0 N–H and O–H groups in total. The van der Waals surface area contributed by atoms with Crippen molar-refractivity contribution in [2.24, 2.45) is 0 Å². The molecule has 0 saturated carbocycles. The molecule has 6 nitrogen and oxygen atoms in total. The molecule has 1 aromatic carbocycles. The molecule has 6 heteroatoms. The predicted octanol–water partition coefficient (Wildman–Crippen LogP) is 7.25. The molecule has 0 spiro atoms. The Balaban J connectivity index is 2.62. The number of rotatable bonds is 13. The van der Waals surface area contributed by atoms with Gasteiger partial charge in [0.05, 0.1) is 11.2 Å². The minimum atomic E-state index is -0.963. The van der Waals surface area contributed by atoms with Crippen molar-refractivity contribution in [3.63, 3.8) is 0 Å². The largest absolute Gasteiger partial charge is 0.387 e. The van der Waals surface area contributed by atoms with Gasteiger partial charge in [0.15, 0.2) is 6.10 Å². The molecule has 0 aromatic heterocycles. The Morgan fingerprint density at radius 1 is 0.818 bits per heavy atom. The number of carbonyl (C=O) groups excluding carboxylic acids is 2. The van der Waals surface area contributed by atoms with Gasteiger partial charge in [-0.05, 0) is 44.2 Å². The van der Waals surface area contributed by atoms with Crippen molar-refractivity contribution in [1.82, 2.24) is 0 Å². The van der Waals surface area contributed by atoms with Gasteiger partial charge in [-0.2, -0.15) is 0 Å². The molecular formula is C27H44O6. The van der Waals surface area contributed by atoms with Gasteiger partial charge in [0.25, 0.3) is 0 Å². The first kappa shape index (κ1) is 29.1. The SMILES string of the molecule is CCCCCCCCCCC(OOC(C)(C)C)C(=O)OOC(=O)c1ccccc1C(C)(C)C. The number of unbranched alkanes of at least 4 members (excludes halogenated alkanes) is 7. The van der Waals surface area contributed by atoms with Gasteiger partial charge in [0, 0.05) is 0 Å². The molecular weight excluding hydrogens is 420 g/mol. The molecule has 188 valence electrons. The van der Waals surface area contributed by atoms with Gasteiger partial charge in [-0.15, -0.1) is 0 Å². The van der Waals surface area contributed by atoms with Gasteiger partial charge in [-0.1, -0.05) is 97.3 Å². The highest BCUT2D eigenvalue weighted by Crippen LogP contribution is 2.26. The molecule has 0 bridgehead atoms. The number of hydrogen-bond donors (Lipinski definition) is 0. The maximum absolute atomic E-state index is 12.6. The average molecular weight is 465 g/mol. The van der Waals surface area contributed by atoms with Gasteiger partial charge in [0.2, 0.25) is 0 Å². The van der Waals surface area contributed by atoms with E-state index in [0.717, 1.165) is 24.8 Å². The molecule has 1 unspecified atom stereocenters. The Kier molecular flexibility index (Phi) is 12.7. The van der Waals surface area contributed by atoms with Gasteiger partial charge < -0.3 is 0 Å². The van der Waals surface area contributed by atoms with Crippen molar-refractivity contribution in [1.29, 1.82) is 0 Å². The van der Waals surface area contributed by atoms with Crippen LogP contribution in [0.15, 0.2) is 24.3 Å². The zero-order valence-corrected chi connectivity index (χ0v) is 21.7. The molecule has 0 radical (unpaired) electrons. The fourth-order valence-electron chi connectivity index (χ4n) is 3.36. The van der Waals surface area contributed by atoms with Gasteiger partial charge in [-0.25, -0.2) is 29.1 Å². The first-order valence-electron chi connectivity index (χ1n) is 12.3. The third kappa shape index (κ3) is 12.2. The minimum Gasteiger partial charge on any atom is -0.244 e. The second-order valence-electron chi connectivity index (χ2n) is 10.6. The maximum atomic E-state index is 12.6. The minimum absolute atomic E-state index is 0.262. The fraction of sp³-hybridized carbons (Fsp3) is 0.704. The summed E-state index contributed by atoms with van der Waals surface area (Å²) in [6.45, 7) is 13.7. The van der Waals surface area contributed by atoms with Crippen LogP contribution in [0.5, 0.6) is 0 Å². The smallest absolute Gasteiger partial charge is 0.244 e. The van der Waals surface area contributed by atoms with Crippen LogP contribution in [0.1, 0.15) is 122 Å². The lowest BCUT2D eigenvalue weighted by Crippen LogP contribution is -2.32. The summed E-state index contributed by atoms with van der Waals surface area (Å²) in [7, 11) is 0. The maximum Gasteiger partial charge on any atom is 0.387 e. The van der Waals surface area contributed by atoms with Crippen LogP contribution in [0.25, 0.3) is 0 Å². The lowest BCUT2D eigenvalue weighted by Gasteiger charge is -2.22. The van der Waals surface area contributed by atoms with Crippen LogP contribution < -0.4 is 0 Å². The number of carbonyl (C=O) groups is 2. The highest BCUT2D eigenvalue weighted by Gasteiger charge is 2.28. The molecule has 0 amide bonds. The summed E-state index contributed by atoms with van der Waals surface area (Å²) in [4.78, 5) is 45.7. The zero-order valence-electron chi connectivity index (χ0n) is 21.7. The summed E-state index contributed by atoms with van der Waals surface area (Å²) in [5.74, 6) is -1.49. The molecule has 1 rings (SSSR count). The summed E-state index contributed by atoms with van der Waals surface area (Å²) in [5, 5.41) is 0. The van der Waals surface area contributed by atoms with E-state index in [4.69, 9.17) is 19.6 Å². The van der Waals surface area contributed by atoms with Gasteiger partial charge in [-0.3, -0.25) is 0 Å². The van der Waals surface area contributed by atoms with Crippen LogP contribution in [-0.4, -0.2) is 23.6 Å². The van der Waals surface area contributed by atoms with Crippen LogP contribution in [-0.2, 0) is 29.8 Å². The van der Waals surface area contributed by atoms with E-state index in [0.29, 0.717) is 12.0 Å². The average Bonchev–Trinajstić information content (AvgIpc) is 2.74. The molecule has 1 atom stereocenters. The lowest BCUT2D eigenvalue weighted by molar-refractivity contribution is -0.374. The Morgan fingerprint density at radius 3 is 1.97 bits per heavy atom. The van der Waals surface area contributed by atoms with Crippen molar-refractivity contribution in [2.75, 3.05) is 0 Å². The highest BCUT2D eigenvalue weighted by molar-refractivity contribution is 5.91. The molecule has 0 aliphatic heterocycles. The fourth-order valence-corrected chi connectivity index (χ4v) is 3.36. The molecule has 0 aliphatic carbocycles. The van der Waals surface area contributed by atoms with E-state index in [1.807, 2.05) is 53.7 Å². The third-order valence-corrected chi connectivity index (χ3v) is 5.15. The van der Waals surface area contributed by atoms with Crippen molar-refractivity contribution in [3.8, 4) is 0 Å². The molecule has 1 aromatic rings. The molecule has 0 aliphatic rings. The summed E-state index contributed by atoms with van der Waals surface area (Å²) in [6, 6.07) is 7.14. The Labute approximate surface area is 200 Å². The van der Waals surface area contributed by atoms with E-state index in [-0.39, 0.29) is 5.41 Å². The first-order valence-corrected chi connectivity index (χ1v) is 12.3. The predicted molar refractivity (Wildman–Crippen MR) is 130 cm³/mol. The van der Waals surface area contributed by atoms with E-state index in [1.165, 1.54) is 32.1 Å². The van der Waals surface area contributed by atoms with Crippen LogP contribution >= 0.6 is 0 Å². The van der Waals surface area contributed by atoms with Crippen LogP contribution in [0.3, 0.4) is 0 Å². The number of hydrogen-bond acceptors (Lipinski definition) is 6. The third-order valence-electron chi connectivity index (χ3n) is 5.15. The van der Waals surface area contributed by atoms with Crippen LogP contribution in [0.4, 0.5) is 0 Å². The normalized spacial score (nSPS) is 12.9. The van der Waals surface area contributed by atoms with E-state index in [9.17, 15) is 9.59 Å². The van der Waals surface area contributed by atoms with Crippen molar-refractivity contribution < 1.29 is 29.1 Å². The lowest BCUT2D eigenvalue weighted by atomic mass is 9.84. The van der Waals surface area contributed by atoms with Gasteiger partial charge in [0.1, 0.15) is 0 Å². The monoisotopic (exact) mass is 464 g/mol. The van der Waals surface area contributed by atoms with Gasteiger partial charge >= 0.3 is 11.9 Å². The topological polar surface area (TPSA) is 71.1 Å². The molecule has 0 heterocycles. The molecule has 33 heavy (non-hydrogen) atoms. The highest BCUT2D eigenvalue weighted by atomic mass is 17.2. The number of benzene rings is 1. The second-order valence-corrected chi connectivity index (χ2v) is 10.6. The first-order chi connectivity index (χ1) is 15.5. The van der Waals surface area contributed by atoms with Crippen molar-refractivity contribution in [3.05, 3.63) is 35.4 Å². The van der Waals surface area contributed by atoms with E-state index < -0.39 is 23.6 Å². The summed E-state index contributed by atoms with van der Waals surface area (Å²) in [6.07, 6.45) is 8.60. The summed E-state index contributed by atoms with van der Waals surface area (Å²) < 4.78 is 0.